The molecule has 3 aliphatic rings. The number of para-hydroxylation sites is 1. The molecule has 0 spiro atoms. The van der Waals surface area contributed by atoms with Crippen LogP contribution < -0.4 is 26.2 Å². The second-order valence-electron chi connectivity index (χ2n) is 11.4. The molecule has 5 rings (SSSR count). The van der Waals surface area contributed by atoms with Crippen molar-refractivity contribution in [2.75, 3.05) is 57.3 Å². The molecule has 1 unspecified atom stereocenters. The van der Waals surface area contributed by atoms with E-state index in [0.29, 0.717) is 44.2 Å². The van der Waals surface area contributed by atoms with E-state index in [4.69, 9.17) is 15.2 Å². The fourth-order valence-electron chi connectivity index (χ4n) is 5.71. The van der Waals surface area contributed by atoms with Gasteiger partial charge in [0.15, 0.2) is 5.75 Å². The molecule has 2 aromatic rings. The second-order valence-corrected chi connectivity index (χ2v) is 11.4. The van der Waals surface area contributed by atoms with E-state index in [1.807, 2.05) is 32.0 Å². The van der Waals surface area contributed by atoms with Gasteiger partial charge in [-0.15, -0.1) is 0 Å². The molecule has 210 valence electrons. The first kappa shape index (κ1) is 27.3. The summed E-state index contributed by atoms with van der Waals surface area (Å²) in [5, 5.41) is 3.52. The van der Waals surface area contributed by atoms with Gasteiger partial charge in [0, 0.05) is 68.5 Å². The van der Waals surface area contributed by atoms with Gasteiger partial charge in [0.05, 0.1) is 18.8 Å². The molecule has 1 aromatic carbocycles. The Morgan fingerprint density at radius 1 is 1.21 bits per heavy atom. The van der Waals surface area contributed by atoms with Gasteiger partial charge < -0.3 is 30.4 Å². The smallest absolute Gasteiger partial charge is 0.291 e. The summed E-state index contributed by atoms with van der Waals surface area (Å²) in [4.78, 5) is 47.5. The zero-order valence-electron chi connectivity index (χ0n) is 22.8. The molecule has 2 amide bonds. The van der Waals surface area contributed by atoms with Gasteiger partial charge in [-0.25, -0.2) is 0 Å². The maximum absolute atomic E-state index is 13.8. The van der Waals surface area contributed by atoms with Crippen molar-refractivity contribution in [3.63, 3.8) is 0 Å². The molecule has 1 aromatic heterocycles. The van der Waals surface area contributed by atoms with E-state index >= 15 is 0 Å². The average Bonchev–Trinajstić information content (AvgIpc) is 3.16. The highest BCUT2D eigenvalue weighted by atomic mass is 16.5. The molecular weight excluding hydrogens is 500 g/mol. The van der Waals surface area contributed by atoms with Crippen molar-refractivity contribution >= 4 is 17.5 Å². The topological polar surface area (TPSA) is 133 Å². The Kier molecular flexibility index (Phi) is 7.77. The zero-order valence-corrected chi connectivity index (χ0v) is 22.8. The minimum Gasteiger partial charge on any atom is -0.451 e. The van der Waals surface area contributed by atoms with Crippen molar-refractivity contribution in [1.82, 2.24) is 20.1 Å². The van der Waals surface area contributed by atoms with Gasteiger partial charge in [0.2, 0.25) is 11.8 Å². The zero-order chi connectivity index (χ0) is 27.7. The minimum atomic E-state index is -0.609. The number of fused-ring (bicyclic) bond motifs is 1. The van der Waals surface area contributed by atoms with E-state index in [0.717, 1.165) is 18.8 Å². The first-order valence-electron chi connectivity index (χ1n) is 13.5. The SMILES string of the molecule is C[C@@H]1CN(CC(=O)N2CC(C)(C)c3[nH]c(=O)c(Oc4ccccc4)cc32)[C@@H](CN2CCOC(C(N)=O)C2)CN1. The predicted octanol–water partition coefficient (Wildman–Crippen LogP) is 0.640. The molecule has 2 fully saturated rings. The number of anilines is 1. The lowest BCUT2D eigenvalue weighted by Gasteiger charge is -2.43. The fraction of sp³-hybridized carbons (Fsp3) is 0.536. The maximum Gasteiger partial charge on any atom is 0.291 e. The van der Waals surface area contributed by atoms with Crippen molar-refractivity contribution in [2.24, 2.45) is 5.73 Å². The van der Waals surface area contributed by atoms with Gasteiger partial charge in [-0.3, -0.25) is 24.2 Å². The molecule has 3 atom stereocenters. The van der Waals surface area contributed by atoms with Gasteiger partial charge in [0.25, 0.3) is 5.56 Å². The number of aromatic nitrogens is 1. The molecule has 2 saturated heterocycles. The van der Waals surface area contributed by atoms with Gasteiger partial charge >= 0.3 is 0 Å². The number of rotatable bonds is 7. The molecule has 39 heavy (non-hydrogen) atoms. The first-order chi connectivity index (χ1) is 18.6. The van der Waals surface area contributed by atoms with E-state index in [9.17, 15) is 14.4 Å². The predicted molar refractivity (Wildman–Crippen MR) is 147 cm³/mol. The van der Waals surface area contributed by atoms with E-state index in [-0.39, 0.29) is 35.8 Å². The number of aromatic amines is 1. The van der Waals surface area contributed by atoms with Crippen LogP contribution in [0.5, 0.6) is 11.5 Å². The van der Waals surface area contributed by atoms with Gasteiger partial charge in [-0.2, -0.15) is 0 Å². The molecule has 11 heteroatoms. The highest BCUT2D eigenvalue weighted by Crippen LogP contribution is 2.40. The molecule has 4 N–H and O–H groups in total. The Bertz CT molecular complexity index is 1260. The number of nitrogens with two attached hydrogens (primary N) is 1. The standard InChI is InChI=1S/C28H38N6O5/c1-18-13-33(19(12-30-18)14-32-9-10-38-23(15-32)26(29)36)16-24(35)34-17-28(2,3)25-21(34)11-22(27(37)31-25)39-20-7-5-4-6-8-20/h4-8,11,18-19,23,30H,9-10,12-17H2,1-3H3,(H2,29,36)(H,31,37)/t18-,19-,23?/m1/s1. The average molecular weight is 539 g/mol. The van der Waals surface area contributed by atoms with E-state index < -0.39 is 17.4 Å². The maximum atomic E-state index is 13.8. The lowest BCUT2D eigenvalue weighted by molar-refractivity contribution is -0.135. The van der Waals surface area contributed by atoms with Crippen molar-refractivity contribution < 1.29 is 19.1 Å². The number of hydrogen-bond acceptors (Lipinski definition) is 8. The number of H-pyrrole nitrogens is 1. The Morgan fingerprint density at radius 3 is 2.72 bits per heavy atom. The van der Waals surface area contributed by atoms with E-state index in [1.54, 1.807) is 23.1 Å². The normalized spacial score (nSPS) is 25.3. The number of amides is 2. The number of benzene rings is 1. The summed E-state index contributed by atoms with van der Waals surface area (Å²) in [6.45, 7) is 10.6. The minimum absolute atomic E-state index is 0.0318. The van der Waals surface area contributed by atoms with Crippen molar-refractivity contribution in [3.8, 4) is 11.5 Å². The summed E-state index contributed by atoms with van der Waals surface area (Å²) in [5.41, 5.74) is 6.14. The Hall–Kier alpha value is -3.25. The highest BCUT2D eigenvalue weighted by molar-refractivity contribution is 5.97. The fourth-order valence-corrected chi connectivity index (χ4v) is 5.71. The summed E-state index contributed by atoms with van der Waals surface area (Å²) < 4.78 is 11.4. The number of nitrogens with zero attached hydrogens (tertiary/aromatic N) is 3. The number of carbonyl (C=O) groups is 2. The van der Waals surface area contributed by atoms with E-state index in [2.05, 4.69) is 27.0 Å². The molecule has 11 nitrogen and oxygen atoms in total. The summed E-state index contributed by atoms with van der Waals surface area (Å²) >= 11 is 0. The van der Waals surface area contributed by atoms with Crippen LogP contribution in [0, 0.1) is 0 Å². The third-order valence-corrected chi connectivity index (χ3v) is 7.78. The van der Waals surface area contributed by atoms with Crippen LogP contribution in [0.3, 0.4) is 0 Å². The van der Waals surface area contributed by atoms with Gasteiger partial charge in [0.1, 0.15) is 11.9 Å². The van der Waals surface area contributed by atoms with Gasteiger partial charge in [-0.05, 0) is 19.1 Å². The number of hydrogen-bond donors (Lipinski definition) is 3. The van der Waals surface area contributed by atoms with Crippen molar-refractivity contribution in [2.45, 2.75) is 44.4 Å². The number of nitrogens with one attached hydrogen (secondary N) is 2. The van der Waals surface area contributed by atoms with Crippen LogP contribution in [-0.4, -0.2) is 97.2 Å². The molecule has 4 heterocycles. The second kappa shape index (κ2) is 11.1. The first-order valence-corrected chi connectivity index (χ1v) is 13.5. The molecule has 0 saturated carbocycles. The van der Waals surface area contributed by atoms with Crippen LogP contribution in [0.4, 0.5) is 5.69 Å². The summed E-state index contributed by atoms with van der Waals surface area (Å²) in [5.74, 6) is 0.222. The molecular formula is C28H38N6O5. The molecule has 0 radical (unpaired) electrons. The van der Waals surface area contributed by atoms with E-state index in [1.165, 1.54) is 0 Å². The van der Waals surface area contributed by atoms with Crippen LogP contribution in [0.2, 0.25) is 0 Å². The third kappa shape index (κ3) is 6.01. The highest BCUT2D eigenvalue weighted by Gasteiger charge is 2.41. The van der Waals surface area contributed by atoms with Crippen LogP contribution in [0.25, 0.3) is 0 Å². The summed E-state index contributed by atoms with van der Waals surface area (Å²) in [7, 11) is 0. The third-order valence-electron chi connectivity index (χ3n) is 7.78. The number of pyridine rings is 1. The van der Waals surface area contributed by atoms with Gasteiger partial charge in [-0.1, -0.05) is 32.0 Å². The van der Waals surface area contributed by atoms with Crippen molar-refractivity contribution in [3.05, 3.63) is 52.4 Å². The van der Waals surface area contributed by atoms with Crippen LogP contribution >= 0.6 is 0 Å². The lowest BCUT2D eigenvalue weighted by Crippen LogP contribution is -2.62. The number of piperazine rings is 1. The number of ether oxygens (including phenoxy) is 2. The van der Waals surface area contributed by atoms with Crippen LogP contribution in [0.1, 0.15) is 26.5 Å². The molecule has 0 bridgehead atoms. The molecule has 0 aliphatic carbocycles. The Balaban J connectivity index is 1.34. The number of morpholine rings is 1. The number of carbonyl (C=O) groups excluding carboxylic acids is 2. The Morgan fingerprint density at radius 2 is 1.97 bits per heavy atom. The number of primary amides is 1. The molecule has 3 aliphatic heterocycles. The monoisotopic (exact) mass is 538 g/mol. The van der Waals surface area contributed by atoms with Crippen molar-refractivity contribution in [1.29, 1.82) is 0 Å². The quantitative estimate of drug-likeness (QED) is 0.468. The van der Waals surface area contributed by atoms with Crippen LogP contribution in [0.15, 0.2) is 41.2 Å². The van der Waals surface area contributed by atoms with Crippen LogP contribution in [-0.2, 0) is 19.7 Å². The largest absolute Gasteiger partial charge is 0.451 e. The Labute approximate surface area is 228 Å². The summed E-state index contributed by atoms with van der Waals surface area (Å²) in [6.07, 6.45) is -0.609. The lowest BCUT2D eigenvalue weighted by atomic mass is 9.91. The summed E-state index contributed by atoms with van der Waals surface area (Å²) in [6, 6.07) is 11.1.